The molecule has 0 saturated heterocycles. The normalized spacial score (nSPS) is 22.1. The third-order valence-corrected chi connectivity index (χ3v) is 16.2. The summed E-state index contributed by atoms with van der Waals surface area (Å²) in [6, 6.07) is 17.8. The molecule has 0 spiro atoms. The molecule has 8 bridgehead atoms. The molecule has 9 rings (SSSR count). The number of phenolic OH excluding ortho intramolecular Hbond substituents is 4. The maximum atomic E-state index is 12.3. The Balaban J connectivity index is 1.30. The average molecular weight is 753 g/mol. The number of rotatable bonds is 4. The number of hydrogen-bond donors (Lipinski definition) is 4. The highest BCUT2D eigenvalue weighted by Crippen LogP contribution is 2.49. The molecule has 0 heterocycles. The lowest BCUT2D eigenvalue weighted by atomic mass is 9.76. The van der Waals surface area contributed by atoms with Crippen molar-refractivity contribution in [2.75, 3.05) is 0 Å². The van der Waals surface area contributed by atoms with Gasteiger partial charge in [0.15, 0.2) is 0 Å². The van der Waals surface area contributed by atoms with Crippen LogP contribution in [0, 0.1) is 0 Å². The second-order valence-electron chi connectivity index (χ2n) is 20.4. The van der Waals surface area contributed by atoms with Crippen molar-refractivity contribution in [1.82, 2.24) is 0 Å². The summed E-state index contributed by atoms with van der Waals surface area (Å²) in [4.78, 5) is 0. The first-order chi connectivity index (χ1) is 26.8. The molecule has 0 atom stereocenters. The van der Waals surface area contributed by atoms with Crippen LogP contribution in [0.15, 0.2) is 48.5 Å². The Bertz CT molecular complexity index is 1760. The topological polar surface area (TPSA) is 80.9 Å². The highest BCUT2D eigenvalue weighted by atomic mass is 16.3. The van der Waals surface area contributed by atoms with Gasteiger partial charge in [0.1, 0.15) is 23.0 Å². The molecule has 5 aliphatic carbocycles. The van der Waals surface area contributed by atoms with Crippen LogP contribution in [0.2, 0.25) is 0 Å². The van der Waals surface area contributed by atoms with Gasteiger partial charge < -0.3 is 20.4 Å². The summed E-state index contributed by atoms with van der Waals surface area (Å²) in [5, 5.41) is 49.3. The highest BCUT2D eigenvalue weighted by molar-refractivity contribution is 5.59. The zero-order valence-electron chi connectivity index (χ0n) is 34.5. The Morgan fingerprint density at radius 2 is 0.429 bits per heavy atom. The van der Waals surface area contributed by atoms with Gasteiger partial charge in [-0.1, -0.05) is 128 Å². The van der Waals surface area contributed by atoms with Crippen LogP contribution in [0.5, 0.6) is 23.0 Å². The number of aromatic hydroxyl groups is 4. The quantitative estimate of drug-likeness (QED) is 0.147. The molecular formula is C52H64O4. The highest BCUT2D eigenvalue weighted by Gasteiger charge is 2.37. The molecule has 296 valence electrons. The van der Waals surface area contributed by atoms with Gasteiger partial charge in [0.2, 0.25) is 0 Å². The van der Waals surface area contributed by atoms with Crippen LogP contribution < -0.4 is 0 Å². The molecule has 4 heteroatoms. The molecule has 0 amide bonds. The molecule has 4 aromatic rings. The average Bonchev–Trinajstić information content (AvgIpc) is 4.01. The molecule has 56 heavy (non-hydrogen) atoms. The predicted molar refractivity (Wildman–Crippen MR) is 227 cm³/mol. The van der Waals surface area contributed by atoms with Gasteiger partial charge in [-0.25, -0.2) is 0 Å². The van der Waals surface area contributed by atoms with Gasteiger partial charge in [-0.3, -0.25) is 0 Å². The van der Waals surface area contributed by atoms with Crippen molar-refractivity contribution in [3.8, 4) is 23.0 Å². The first kappa shape index (κ1) is 37.6. The van der Waals surface area contributed by atoms with E-state index in [1.54, 1.807) is 0 Å². The number of fused-ring (bicyclic) bond motifs is 8. The zero-order chi connectivity index (χ0) is 39.0. The van der Waals surface area contributed by atoms with Gasteiger partial charge in [0, 0.05) is 25.7 Å². The molecule has 0 radical (unpaired) electrons. The summed E-state index contributed by atoms with van der Waals surface area (Å²) in [7, 11) is 0. The van der Waals surface area contributed by atoms with Gasteiger partial charge in [-0.05, 0) is 140 Å². The smallest absolute Gasteiger partial charge is 0.122 e. The van der Waals surface area contributed by atoms with Crippen LogP contribution in [0.25, 0.3) is 0 Å². The van der Waals surface area contributed by atoms with Gasteiger partial charge in [-0.15, -0.1) is 0 Å². The minimum absolute atomic E-state index is 0.0186. The third-order valence-electron chi connectivity index (χ3n) is 16.2. The van der Waals surface area contributed by atoms with E-state index in [9.17, 15) is 20.4 Å². The maximum Gasteiger partial charge on any atom is 0.122 e. The fourth-order valence-corrected chi connectivity index (χ4v) is 12.1. The lowest BCUT2D eigenvalue weighted by Crippen LogP contribution is -2.19. The lowest BCUT2D eigenvalue weighted by Gasteiger charge is -2.29. The van der Waals surface area contributed by atoms with E-state index in [-0.39, 0.29) is 44.7 Å². The van der Waals surface area contributed by atoms with Crippen LogP contribution >= 0.6 is 0 Å². The Hall–Kier alpha value is -3.92. The van der Waals surface area contributed by atoms with Crippen LogP contribution in [0.3, 0.4) is 0 Å². The van der Waals surface area contributed by atoms with Crippen LogP contribution in [0.1, 0.15) is 197 Å². The van der Waals surface area contributed by atoms with Crippen LogP contribution in [-0.2, 0) is 47.3 Å². The SMILES string of the molecule is CC1(c2cc3c(O)c(c2)Cc2cc(C4(C)CCCC4)cc(c2O)Cc2cc(C4(C)CCCC4)cc(c2O)Cc2cc(C4(C)CCCC4)cc(c2O)C3)CCCC1. The molecule has 4 fully saturated rings. The van der Waals surface area contributed by atoms with E-state index in [0.717, 1.165) is 95.9 Å². The number of benzene rings is 4. The van der Waals surface area contributed by atoms with Gasteiger partial charge in [0.25, 0.3) is 0 Å². The fraction of sp³-hybridized carbons (Fsp3) is 0.538. The predicted octanol–water partition coefficient (Wildman–Crippen LogP) is 12.5. The Morgan fingerprint density at radius 1 is 0.286 bits per heavy atom. The molecular weight excluding hydrogens is 689 g/mol. The molecule has 4 nitrogen and oxygen atoms in total. The van der Waals surface area contributed by atoms with E-state index in [0.29, 0.717) is 25.7 Å². The Morgan fingerprint density at radius 3 is 0.571 bits per heavy atom. The van der Waals surface area contributed by atoms with Crippen LogP contribution in [0.4, 0.5) is 0 Å². The molecule has 0 aromatic heterocycles. The van der Waals surface area contributed by atoms with Crippen molar-refractivity contribution in [2.45, 2.75) is 178 Å². The van der Waals surface area contributed by atoms with Crippen molar-refractivity contribution in [3.05, 3.63) is 115 Å². The fourth-order valence-electron chi connectivity index (χ4n) is 12.1. The second kappa shape index (κ2) is 13.9. The Labute approximate surface area is 335 Å². The summed E-state index contributed by atoms with van der Waals surface area (Å²) < 4.78 is 0. The van der Waals surface area contributed by atoms with Crippen molar-refractivity contribution >= 4 is 0 Å². The standard InChI is InChI=1S/C52H64O4/c1-49(13-5-6-14-49)41-25-33-21-35-27-42(50(2)15-7-8-16-50)29-37(46(35)54)23-39-31-44(52(4)19-11-12-20-52)32-40(48(39)56)24-38-30-43(51(3)17-9-10-18-51)28-36(47(38)55)22-34(26-41)45(33)53/h25-32,53-56H,5-24H2,1-4H3. The first-order valence-electron chi connectivity index (χ1n) is 22.2. The lowest BCUT2D eigenvalue weighted by molar-refractivity contribution is 0.444. The first-order valence-corrected chi connectivity index (χ1v) is 22.2. The summed E-state index contributed by atoms with van der Waals surface area (Å²) in [6.45, 7) is 9.50. The third kappa shape index (κ3) is 6.51. The molecule has 4 saturated carbocycles. The largest absolute Gasteiger partial charge is 0.507 e. The van der Waals surface area contributed by atoms with E-state index >= 15 is 0 Å². The van der Waals surface area contributed by atoms with E-state index < -0.39 is 0 Å². The zero-order valence-corrected chi connectivity index (χ0v) is 34.5. The second-order valence-corrected chi connectivity index (χ2v) is 20.4. The molecule has 4 aromatic carbocycles. The summed E-state index contributed by atoms with van der Waals surface area (Å²) in [5.74, 6) is 1.10. The van der Waals surface area contributed by atoms with Crippen molar-refractivity contribution in [1.29, 1.82) is 0 Å². The molecule has 0 aliphatic heterocycles. The summed E-state index contributed by atoms with van der Waals surface area (Å²) >= 11 is 0. The van der Waals surface area contributed by atoms with Gasteiger partial charge in [-0.2, -0.15) is 0 Å². The Kier molecular flexibility index (Phi) is 9.33. The molecule has 5 aliphatic rings. The van der Waals surface area contributed by atoms with Crippen LogP contribution in [-0.4, -0.2) is 20.4 Å². The number of hydrogen-bond acceptors (Lipinski definition) is 4. The molecule has 4 N–H and O–H groups in total. The van der Waals surface area contributed by atoms with E-state index in [4.69, 9.17) is 0 Å². The molecule has 0 unspecified atom stereocenters. The van der Waals surface area contributed by atoms with Gasteiger partial charge in [0.05, 0.1) is 0 Å². The monoisotopic (exact) mass is 752 g/mol. The van der Waals surface area contributed by atoms with E-state index in [1.165, 1.54) is 73.6 Å². The van der Waals surface area contributed by atoms with Crippen molar-refractivity contribution in [2.24, 2.45) is 0 Å². The van der Waals surface area contributed by atoms with Gasteiger partial charge >= 0.3 is 0 Å². The van der Waals surface area contributed by atoms with Crippen molar-refractivity contribution < 1.29 is 20.4 Å². The van der Waals surface area contributed by atoms with E-state index in [2.05, 4.69) is 76.2 Å². The minimum Gasteiger partial charge on any atom is -0.507 e. The number of phenols is 4. The summed E-state index contributed by atoms with van der Waals surface area (Å²) in [6.07, 6.45) is 20.2. The van der Waals surface area contributed by atoms with Crippen molar-refractivity contribution in [3.63, 3.8) is 0 Å². The minimum atomic E-state index is 0.0186. The van der Waals surface area contributed by atoms with E-state index in [1.807, 2.05) is 0 Å². The maximum absolute atomic E-state index is 12.3. The summed E-state index contributed by atoms with van der Waals surface area (Å²) in [5.41, 5.74) is 11.8.